The van der Waals surface area contributed by atoms with Crippen LogP contribution in [0.15, 0.2) is 54.6 Å². The summed E-state index contributed by atoms with van der Waals surface area (Å²) in [6, 6.07) is 17.2. The summed E-state index contributed by atoms with van der Waals surface area (Å²) in [6.07, 6.45) is 0. The maximum Gasteiger partial charge on any atom is 0.257 e. The van der Waals surface area contributed by atoms with Crippen LogP contribution in [0, 0.1) is 0 Å². The number of carbonyl (C=O) groups excluding carboxylic acids is 1. The highest BCUT2D eigenvalue weighted by molar-refractivity contribution is 5.77. The summed E-state index contributed by atoms with van der Waals surface area (Å²) in [5.74, 6) is 1.39. The van der Waals surface area contributed by atoms with Crippen LogP contribution in [0.4, 0.5) is 0 Å². The Hall–Kier alpha value is -2.49. The van der Waals surface area contributed by atoms with Gasteiger partial charge in [-0.2, -0.15) is 0 Å². The van der Waals surface area contributed by atoms with Gasteiger partial charge in [0, 0.05) is 12.0 Å². The van der Waals surface area contributed by atoms with Crippen molar-refractivity contribution in [2.45, 2.75) is 19.3 Å². The van der Waals surface area contributed by atoms with Crippen LogP contribution < -0.4 is 14.8 Å². The maximum atomic E-state index is 11.9. The van der Waals surface area contributed by atoms with Gasteiger partial charge in [0.2, 0.25) is 0 Å². The summed E-state index contributed by atoms with van der Waals surface area (Å²) in [4.78, 5) is 11.9. The summed E-state index contributed by atoms with van der Waals surface area (Å²) < 4.78 is 10.6. The van der Waals surface area contributed by atoms with E-state index in [9.17, 15) is 4.79 Å². The van der Waals surface area contributed by atoms with E-state index in [1.807, 2.05) is 54.6 Å². The standard InChI is InChI=1S/C19H23NO3/c1-19(2,15-9-11-16(22-3)12-10-15)14-20-18(21)13-23-17-7-5-4-6-8-17/h4-12H,13-14H2,1-3H3,(H,20,21). The van der Waals surface area contributed by atoms with Crippen LogP contribution >= 0.6 is 0 Å². The van der Waals surface area contributed by atoms with Gasteiger partial charge in [0.25, 0.3) is 5.91 Å². The second-order valence-electron chi connectivity index (χ2n) is 5.99. The first-order valence-electron chi connectivity index (χ1n) is 7.60. The van der Waals surface area contributed by atoms with Crippen LogP contribution in [0.25, 0.3) is 0 Å². The molecule has 0 atom stereocenters. The Labute approximate surface area is 137 Å². The lowest BCUT2D eigenvalue weighted by Gasteiger charge is -2.26. The van der Waals surface area contributed by atoms with Gasteiger partial charge in [-0.25, -0.2) is 0 Å². The summed E-state index contributed by atoms with van der Waals surface area (Å²) in [5.41, 5.74) is 0.969. The van der Waals surface area contributed by atoms with E-state index in [-0.39, 0.29) is 17.9 Å². The van der Waals surface area contributed by atoms with E-state index in [2.05, 4.69) is 19.2 Å². The minimum atomic E-state index is -0.172. The van der Waals surface area contributed by atoms with Crippen molar-refractivity contribution >= 4 is 5.91 Å². The quantitative estimate of drug-likeness (QED) is 0.854. The number of nitrogens with one attached hydrogen (secondary N) is 1. The molecule has 2 aromatic carbocycles. The number of para-hydroxylation sites is 1. The highest BCUT2D eigenvalue weighted by Crippen LogP contribution is 2.24. The summed E-state index contributed by atoms with van der Waals surface area (Å²) in [5, 5.41) is 2.93. The Morgan fingerprint density at radius 2 is 1.65 bits per heavy atom. The molecule has 0 saturated carbocycles. The van der Waals surface area contributed by atoms with E-state index < -0.39 is 0 Å². The van der Waals surface area contributed by atoms with Crippen LogP contribution in [0.5, 0.6) is 11.5 Å². The van der Waals surface area contributed by atoms with E-state index >= 15 is 0 Å². The average Bonchev–Trinajstić information content (AvgIpc) is 2.59. The molecule has 0 radical (unpaired) electrons. The molecule has 2 aromatic rings. The molecule has 1 amide bonds. The fourth-order valence-corrected chi connectivity index (χ4v) is 2.18. The van der Waals surface area contributed by atoms with E-state index in [1.54, 1.807) is 7.11 Å². The predicted molar refractivity (Wildman–Crippen MR) is 91.0 cm³/mol. The van der Waals surface area contributed by atoms with Crippen LogP contribution in [0.2, 0.25) is 0 Å². The summed E-state index contributed by atoms with van der Waals surface area (Å²) in [6.45, 7) is 4.74. The molecule has 23 heavy (non-hydrogen) atoms. The SMILES string of the molecule is COc1ccc(C(C)(C)CNC(=O)COc2ccccc2)cc1. The van der Waals surface area contributed by atoms with Gasteiger partial charge in [0.1, 0.15) is 11.5 Å². The molecule has 4 heteroatoms. The second kappa shape index (κ2) is 7.68. The van der Waals surface area contributed by atoms with Gasteiger partial charge < -0.3 is 14.8 Å². The number of benzene rings is 2. The Morgan fingerprint density at radius 1 is 1.00 bits per heavy atom. The van der Waals surface area contributed by atoms with Gasteiger partial charge in [0.15, 0.2) is 6.61 Å². The molecule has 0 unspecified atom stereocenters. The molecule has 0 aromatic heterocycles. The number of hydrogen-bond donors (Lipinski definition) is 1. The van der Waals surface area contributed by atoms with Gasteiger partial charge in [-0.3, -0.25) is 4.79 Å². The maximum absolute atomic E-state index is 11.9. The summed E-state index contributed by atoms with van der Waals surface area (Å²) >= 11 is 0. The highest BCUT2D eigenvalue weighted by atomic mass is 16.5. The van der Waals surface area contributed by atoms with E-state index in [4.69, 9.17) is 9.47 Å². The third kappa shape index (κ3) is 5.02. The Bertz CT molecular complexity index is 621. The van der Waals surface area contributed by atoms with Crippen molar-refractivity contribution in [3.05, 3.63) is 60.2 Å². The Kier molecular flexibility index (Phi) is 5.63. The molecule has 0 heterocycles. The zero-order valence-corrected chi connectivity index (χ0v) is 13.8. The molecule has 0 saturated heterocycles. The van der Waals surface area contributed by atoms with E-state index in [0.717, 1.165) is 11.3 Å². The third-order valence-electron chi connectivity index (χ3n) is 3.71. The van der Waals surface area contributed by atoms with Crippen molar-refractivity contribution in [3.8, 4) is 11.5 Å². The van der Waals surface area contributed by atoms with Gasteiger partial charge in [-0.1, -0.05) is 44.2 Å². The molecule has 0 aliphatic rings. The van der Waals surface area contributed by atoms with Crippen LogP contribution in [0.3, 0.4) is 0 Å². The molecular weight excluding hydrogens is 290 g/mol. The minimum Gasteiger partial charge on any atom is -0.497 e. The van der Waals surface area contributed by atoms with Crippen LogP contribution in [0.1, 0.15) is 19.4 Å². The third-order valence-corrected chi connectivity index (χ3v) is 3.71. The predicted octanol–water partition coefficient (Wildman–Crippen LogP) is 3.17. The molecule has 1 N–H and O–H groups in total. The molecule has 122 valence electrons. The molecule has 0 bridgehead atoms. The fourth-order valence-electron chi connectivity index (χ4n) is 2.18. The number of ether oxygens (including phenoxy) is 2. The van der Waals surface area contributed by atoms with Crippen molar-refractivity contribution in [2.75, 3.05) is 20.3 Å². The first-order chi connectivity index (χ1) is 11.0. The normalized spacial score (nSPS) is 10.9. The molecule has 0 fully saturated rings. The van der Waals surface area contributed by atoms with Gasteiger partial charge in [-0.05, 0) is 29.8 Å². The number of rotatable bonds is 7. The highest BCUT2D eigenvalue weighted by Gasteiger charge is 2.21. The van der Waals surface area contributed by atoms with E-state index in [1.165, 1.54) is 0 Å². The molecular formula is C19H23NO3. The van der Waals surface area contributed by atoms with Crippen molar-refractivity contribution in [2.24, 2.45) is 0 Å². The van der Waals surface area contributed by atoms with Crippen molar-refractivity contribution in [3.63, 3.8) is 0 Å². The first kappa shape index (κ1) is 16.9. The minimum absolute atomic E-state index is 0.0166. The molecule has 0 aliphatic heterocycles. The van der Waals surface area contributed by atoms with Gasteiger partial charge >= 0.3 is 0 Å². The van der Waals surface area contributed by atoms with Crippen LogP contribution in [-0.2, 0) is 10.2 Å². The molecule has 4 nitrogen and oxygen atoms in total. The molecule has 0 spiro atoms. The zero-order valence-electron chi connectivity index (χ0n) is 13.8. The van der Waals surface area contributed by atoms with Crippen molar-refractivity contribution in [1.29, 1.82) is 0 Å². The van der Waals surface area contributed by atoms with Crippen molar-refractivity contribution in [1.82, 2.24) is 5.32 Å². The molecule has 2 rings (SSSR count). The number of methoxy groups -OCH3 is 1. The van der Waals surface area contributed by atoms with E-state index in [0.29, 0.717) is 12.3 Å². The Balaban J connectivity index is 1.84. The zero-order chi connectivity index (χ0) is 16.7. The Morgan fingerprint density at radius 3 is 2.26 bits per heavy atom. The van der Waals surface area contributed by atoms with Crippen molar-refractivity contribution < 1.29 is 14.3 Å². The van der Waals surface area contributed by atoms with Crippen LogP contribution in [-0.4, -0.2) is 26.2 Å². The number of amides is 1. The van der Waals surface area contributed by atoms with Gasteiger partial charge in [0.05, 0.1) is 7.11 Å². The summed E-state index contributed by atoms with van der Waals surface area (Å²) in [7, 11) is 1.65. The monoisotopic (exact) mass is 313 g/mol. The fraction of sp³-hybridized carbons (Fsp3) is 0.316. The first-order valence-corrected chi connectivity index (χ1v) is 7.60. The second-order valence-corrected chi connectivity index (χ2v) is 5.99. The lowest BCUT2D eigenvalue weighted by Crippen LogP contribution is -2.38. The number of hydrogen-bond acceptors (Lipinski definition) is 3. The number of carbonyl (C=O) groups is 1. The molecule has 0 aliphatic carbocycles. The lowest BCUT2D eigenvalue weighted by atomic mass is 9.84. The topological polar surface area (TPSA) is 47.6 Å². The van der Waals surface area contributed by atoms with Gasteiger partial charge in [-0.15, -0.1) is 0 Å². The largest absolute Gasteiger partial charge is 0.497 e. The average molecular weight is 313 g/mol. The smallest absolute Gasteiger partial charge is 0.257 e. The lowest BCUT2D eigenvalue weighted by molar-refractivity contribution is -0.123.